The van der Waals surface area contributed by atoms with Crippen molar-refractivity contribution in [1.29, 1.82) is 0 Å². The number of benzene rings is 1. The average Bonchev–Trinajstić information content (AvgIpc) is 3.06. The maximum atomic E-state index is 12.2. The van der Waals surface area contributed by atoms with E-state index in [9.17, 15) is 4.79 Å². The third-order valence-electron chi connectivity index (χ3n) is 4.17. The fourth-order valence-electron chi connectivity index (χ4n) is 2.84. The van der Waals surface area contributed by atoms with E-state index < -0.39 is 0 Å². The van der Waals surface area contributed by atoms with Gasteiger partial charge in [0.25, 0.3) is 5.91 Å². The van der Waals surface area contributed by atoms with Crippen molar-refractivity contribution in [2.24, 2.45) is 5.92 Å². The largest absolute Gasteiger partial charge is 0.352 e. The zero-order valence-corrected chi connectivity index (χ0v) is 13.7. The molecular weight excluding hydrogens is 312 g/mol. The Morgan fingerprint density at radius 3 is 2.96 bits per heavy atom. The molecule has 0 spiro atoms. The molecule has 0 saturated carbocycles. The third kappa shape index (κ3) is 4.33. The lowest BCUT2D eigenvalue weighted by molar-refractivity contribution is 0.0950. The van der Waals surface area contributed by atoms with E-state index in [1.54, 1.807) is 29.2 Å². The van der Waals surface area contributed by atoms with Crippen LogP contribution in [-0.2, 0) is 0 Å². The third-order valence-corrected chi connectivity index (χ3v) is 4.43. The lowest BCUT2D eigenvalue weighted by Gasteiger charge is -2.22. The molecule has 1 amide bonds. The SMILES string of the molecule is O=C(NCCC1CCCNC1)c1cnn(-c2ccc(Cl)cc2)c1. The minimum atomic E-state index is -0.0750. The summed E-state index contributed by atoms with van der Waals surface area (Å²) in [4.78, 5) is 12.2. The molecule has 0 radical (unpaired) electrons. The van der Waals surface area contributed by atoms with Crippen LogP contribution >= 0.6 is 11.6 Å². The number of hydrogen-bond donors (Lipinski definition) is 2. The zero-order chi connectivity index (χ0) is 16.1. The molecule has 1 aromatic heterocycles. The fraction of sp³-hybridized carbons (Fsp3) is 0.412. The van der Waals surface area contributed by atoms with Gasteiger partial charge in [0.05, 0.1) is 17.4 Å². The molecular formula is C17H21ClN4O. The van der Waals surface area contributed by atoms with Gasteiger partial charge in [-0.2, -0.15) is 5.10 Å². The first-order valence-electron chi connectivity index (χ1n) is 8.02. The Hall–Kier alpha value is -1.85. The van der Waals surface area contributed by atoms with Crippen LogP contribution in [0.5, 0.6) is 0 Å². The second kappa shape index (κ2) is 7.62. The molecule has 23 heavy (non-hydrogen) atoms. The van der Waals surface area contributed by atoms with Crippen LogP contribution in [0, 0.1) is 5.92 Å². The minimum absolute atomic E-state index is 0.0750. The van der Waals surface area contributed by atoms with E-state index in [1.165, 1.54) is 12.8 Å². The molecule has 5 nitrogen and oxygen atoms in total. The molecule has 122 valence electrons. The Morgan fingerprint density at radius 2 is 2.22 bits per heavy atom. The fourth-order valence-corrected chi connectivity index (χ4v) is 2.96. The van der Waals surface area contributed by atoms with Crippen molar-refractivity contribution < 1.29 is 4.79 Å². The van der Waals surface area contributed by atoms with Gasteiger partial charge in [0.1, 0.15) is 0 Å². The number of amides is 1. The Kier molecular flexibility index (Phi) is 5.31. The summed E-state index contributed by atoms with van der Waals surface area (Å²) in [7, 11) is 0. The number of nitrogens with zero attached hydrogens (tertiary/aromatic N) is 2. The van der Waals surface area contributed by atoms with Crippen molar-refractivity contribution in [1.82, 2.24) is 20.4 Å². The summed E-state index contributed by atoms with van der Waals surface area (Å²) >= 11 is 5.88. The predicted octanol–water partition coefficient (Wildman–Crippen LogP) is 2.65. The van der Waals surface area contributed by atoms with Crippen LogP contribution in [0.1, 0.15) is 29.6 Å². The summed E-state index contributed by atoms with van der Waals surface area (Å²) in [6, 6.07) is 7.34. The predicted molar refractivity (Wildman–Crippen MR) is 91.1 cm³/mol. The van der Waals surface area contributed by atoms with Gasteiger partial charge in [0.2, 0.25) is 0 Å². The Labute approximate surface area is 141 Å². The number of nitrogens with one attached hydrogen (secondary N) is 2. The number of hydrogen-bond acceptors (Lipinski definition) is 3. The molecule has 1 aliphatic heterocycles. The van der Waals surface area contributed by atoms with Crippen LogP contribution in [-0.4, -0.2) is 35.3 Å². The van der Waals surface area contributed by atoms with Gasteiger partial charge >= 0.3 is 0 Å². The van der Waals surface area contributed by atoms with E-state index in [4.69, 9.17) is 11.6 Å². The summed E-state index contributed by atoms with van der Waals surface area (Å²) in [5.41, 5.74) is 1.45. The van der Waals surface area contributed by atoms with Gasteiger partial charge in [-0.3, -0.25) is 4.79 Å². The average molecular weight is 333 g/mol. The van der Waals surface area contributed by atoms with Crippen molar-refractivity contribution in [3.63, 3.8) is 0 Å². The van der Waals surface area contributed by atoms with E-state index in [0.29, 0.717) is 23.0 Å². The smallest absolute Gasteiger partial charge is 0.254 e. The zero-order valence-electron chi connectivity index (χ0n) is 13.0. The molecule has 1 atom stereocenters. The molecule has 3 rings (SSSR count). The molecule has 1 aromatic carbocycles. The summed E-state index contributed by atoms with van der Waals surface area (Å²) in [5.74, 6) is 0.592. The molecule has 1 unspecified atom stereocenters. The number of carbonyl (C=O) groups is 1. The molecule has 2 aromatic rings. The lowest BCUT2D eigenvalue weighted by atomic mass is 9.96. The lowest BCUT2D eigenvalue weighted by Crippen LogP contribution is -2.33. The van der Waals surface area contributed by atoms with Gasteiger partial charge in [-0.05, 0) is 62.5 Å². The monoisotopic (exact) mass is 332 g/mol. The number of rotatable bonds is 5. The molecule has 1 fully saturated rings. The van der Waals surface area contributed by atoms with Crippen LogP contribution in [0.25, 0.3) is 5.69 Å². The molecule has 0 bridgehead atoms. The Morgan fingerprint density at radius 1 is 1.39 bits per heavy atom. The molecule has 1 saturated heterocycles. The van der Waals surface area contributed by atoms with Gasteiger partial charge in [-0.15, -0.1) is 0 Å². The number of aromatic nitrogens is 2. The van der Waals surface area contributed by atoms with E-state index in [0.717, 1.165) is 25.2 Å². The molecule has 2 heterocycles. The van der Waals surface area contributed by atoms with Crippen molar-refractivity contribution in [3.05, 3.63) is 47.2 Å². The van der Waals surface area contributed by atoms with Gasteiger partial charge < -0.3 is 10.6 Å². The van der Waals surface area contributed by atoms with Crippen LogP contribution in [0.15, 0.2) is 36.7 Å². The van der Waals surface area contributed by atoms with Crippen molar-refractivity contribution in [3.8, 4) is 5.69 Å². The highest BCUT2D eigenvalue weighted by Crippen LogP contribution is 2.14. The molecule has 6 heteroatoms. The molecule has 0 aliphatic carbocycles. The van der Waals surface area contributed by atoms with Crippen LogP contribution in [0.3, 0.4) is 0 Å². The van der Waals surface area contributed by atoms with Crippen molar-refractivity contribution in [2.45, 2.75) is 19.3 Å². The van der Waals surface area contributed by atoms with Crippen LogP contribution < -0.4 is 10.6 Å². The summed E-state index contributed by atoms with van der Waals surface area (Å²) < 4.78 is 1.68. The number of halogens is 1. The van der Waals surface area contributed by atoms with Gasteiger partial charge in [-0.1, -0.05) is 11.6 Å². The van der Waals surface area contributed by atoms with Gasteiger partial charge in [-0.25, -0.2) is 4.68 Å². The first kappa shape index (κ1) is 16.0. The quantitative estimate of drug-likeness (QED) is 0.885. The van der Waals surface area contributed by atoms with Gasteiger partial charge in [0.15, 0.2) is 0 Å². The first-order valence-corrected chi connectivity index (χ1v) is 8.40. The Bertz CT molecular complexity index is 647. The highest BCUT2D eigenvalue weighted by molar-refractivity contribution is 6.30. The first-order chi connectivity index (χ1) is 11.2. The van der Waals surface area contributed by atoms with E-state index in [2.05, 4.69) is 15.7 Å². The minimum Gasteiger partial charge on any atom is -0.352 e. The van der Waals surface area contributed by atoms with E-state index >= 15 is 0 Å². The summed E-state index contributed by atoms with van der Waals surface area (Å²) in [6.45, 7) is 2.88. The summed E-state index contributed by atoms with van der Waals surface area (Å²) in [5, 5.41) is 11.3. The molecule has 2 N–H and O–H groups in total. The highest BCUT2D eigenvalue weighted by Gasteiger charge is 2.14. The standard InChI is InChI=1S/C17H21ClN4O/c18-15-3-5-16(6-4-15)22-12-14(11-21-22)17(23)20-9-7-13-2-1-8-19-10-13/h3-6,11-13,19H,1-2,7-10H2,(H,20,23). The Balaban J connectivity index is 1.52. The van der Waals surface area contributed by atoms with Crippen LogP contribution in [0.4, 0.5) is 0 Å². The summed E-state index contributed by atoms with van der Waals surface area (Å²) in [6.07, 6.45) is 6.82. The number of piperidine rings is 1. The van der Waals surface area contributed by atoms with Crippen molar-refractivity contribution >= 4 is 17.5 Å². The highest BCUT2D eigenvalue weighted by atomic mass is 35.5. The second-order valence-electron chi connectivity index (χ2n) is 5.91. The maximum absolute atomic E-state index is 12.2. The second-order valence-corrected chi connectivity index (χ2v) is 6.34. The number of carbonyl (C=O) groups excluding carboxylic acids is 1. The van der Waals surface area contributed by atoms with E-state index in [-0.39, 0.29) is 5.91 Å². The van der Waals surface area contributed by atoms with Gasteiger partial charge in [0, 0.05) is 17.8 Å². The van der Waals surface area contributed by atoms with Crippen molar-refractivity contribution in [2.75, 3.05) is 19.6 Å². The topological polar surface area (TPSA) is 59.0 Å². The normalized spacial score (nSPS) is 17.9. The van der Waals surface area contributed by atoms with E-state index in [1.807, 2.05) is 12.1 Å². The molecule has 1 aliphatic rings. The van der Waals surface area contributed by atoms with Crippen LogP contribution in [0.2, 0.25) is 5.02 Å². The maximum Gasteiger partial charge on any atom is 0.254 e.